The zero-order chi connectivity index (χ0) is 14.7. The second-order valence-corrected chi connectivity index (χ2v) is 5.28. The van der Waals surface area contributed by atoms with Crippen LogP contribution in [0.4, 0.5) is 4.39 Å². The van der Waals surface area contributed by atoms with E-state index in [1.165, 1.54) is 23.3 Å². The van der Waals surface area contributed by atoms with E-state index in [0.29, 0.717) is 0 Å². The summed E-state index contributed by atoms with van der Waals surface area (Å²) in [7, 11) is 0. The van der Waals surface area contributed by atoms with Gasteiger partial charge in [0.05, 0.1) is 6.04 Å². The molecule has 1 atom stereocenters. The van der Waals surface area contributed by atoms with Gasteiger partial charge in [-0.1, -0.05) is 38.1 Å². The molecular weight excluding hydrogens is 249 g/mol. The second-order valence-electron chi connectivity index (χ2n) is 5.28. The molecule has 0 aliphatic carbocycles. The second kappa shape index (κ2) is 6.19. The van der Waals surface area contributed by atoms with Gasteiger partial charge in [0.25, 0.3) is 0 Å². The Morgan fingerprint density at radius 3 is 2.40 bits per heavy atom. The smallest absolute Gasteiger partial charge is 0.123 e. The summed E-state index contributed by atoms with van der Waals surface area (Å²) in [4.78, 5) is 0. The summed E-state index contributed by atoms with van der Waals surface area (Å²) in [5, 5.41) is 0. The quantitative estimate of drug-likeness (QED) is 0.881. The van der Waals surface area contributed by atoms with Gasteiger partial charge in [-0.3, -0.25) is 0 Å². The molecule has 0 saturated carbocycles. The van der Waals surface area contributed by atoms with E-state index in [0.717, 1.165) is 29.5 Å². The fourth-order valence-electron chi connectivity index (χ4n) is 2.60. The number of nitrogens with two attached hydrogens (primary N) is 1. The van der Waals surface area contributed by atoms with Crippen LogP contribution in [0.15, 0.2) is 36.4 Å². The zero-order valence-corrected chi connectivity index (χ0v) is 12.4. The van der Waals surface area contributed by atoms with Gasteiger partial charge in [-0.25, -0.2) is 4.39 Å². The molecule has 2 aromatic rings. The van der Waals surface area contributed by atoms with Crippen molar-refractivity contribution in [3.8, 4) is 0 Å². The Morgan fingerprint density at radius 2 is 1.80 bits per heavy atom. The molecule has 0 aromatic heterocycles. The Balaban J connectivity index is 2.48. The lowest BCUT2D eigenvalue weighted by Gasteiger charge is -2.18. The number of hydrogen-bond donors (Lipinski definition) is 1. The highest BCUT2D eigenvalue weighted by molar-refractivity contribution is 5.41. The van der Waals surface area contributed by atoms with Gasteiger partial charge in [0.2, 0.25) is 0 Å². The Labute approximate surface area is 120 Å². The molecule has 0 saturated heterocycles. The highest BCUT2D eigenvalue weighted by Gasteiger charge is 2.14. The van der Waals surface area contributed by atoms with Gasteiger partial charge in [-0.15, -0.1) is 0 Å². The molecule has 0 fully saturated rings. The Hall–Kier alpha value is -1.67. The summed E-state index contributed by atoms with van der Waals surface area (Å²) in [6, 6.07) is 11.2. The van der Waals surface area contributed by atoms with E-state index >= 15 is 0 Å². The van der Waals surface area contributed by atoms with Gasteiger partial charge in [0.1, 0.15) is 5.82 Å². The SMILES string of the molecule is CCc1ccc(CC)c(C(N)c2cc(C)cc(F)c2)c1. The average molecular weight is 271 g/mol. The van der Waals surface area contributed by atoms with Crippen LogP contribution in [0.3, 0.4) is 0 Å². The number of rotatable bonds is 4. The van der Waals surface area contributed by atoms with E-state index in [4.69, 9.17) is 5.73 Å². The van der Waals surface area contributed by atoms with Crippen LogP contribution in [-0.4, -0.2) is 0 Å². The molecule has 1 nitrogen and oxygen atoms in total. The molecule has 2 aromatic carbocycles. The maximum Gasteiger partial charge on any atom is 0.123 e. The summed E-state index contributed by atoms with van der Waals surface area (Å²) in [6.07, 6.45) is 1.91. The Bertz CT molecular complexity index is 584. The van der Waals surface area contributed by atoms with E-state index in [-0.39, 0.29) is 11.9 Å². The first-order chi connectivity index (χ1) is 9.55. The van der Waals surface area contributed by atoms with Crippen molar-refractivity contribution >= 4 is 0 Å². The Kier molecular flexibility index (Phi) is 4.56. The molecule has 0 amide bonds. The van der Waals surface area contributed by atoms with Crippen molar-refractivity contribution in [2.75, 3.05) is 0 Å². The molecule has 0 bridgehead atoms. The van der Waals surface area contributed by atoms with Crippen LogP contribution >= 0.6 is 0 Å². The van der Waals surface area contributed by atoms with Crippen molar-refractivity contribution in [3.63, 3.8) is 0 Å². The van der Waals surface area contributed by atoms with Crippen molar-refractivity contribution in [3.05, 3.63) is 70.0 Å². The normalized spacial score (nSPS) is 12.4. The van der Waals surface area contributed by atoms with Crippen LogP contribution in [-0.2, 0) is 12.8 Å². The minimum atomic E-state index is -0.272. The Morgan fingerprint density at radius 1 is 1.05 bits per heavy atom. The van der Waals surface area contributed by atoms with Crippen molar-refractivity contribution in [2.24, 2.45) is 5.73 Å². The van der Waals surface area contributed by atoms with Gasteiger partial charge in [0, 0.05) is 0 Å². The molecule has 0 aliphatic rings. The molecule has 2 rings (SSSR count). The molecule has 1 unspecified atom stereocenters. The molecule has 0 radical (unpaired) electrons. The molecule has 0 spiro atoms. The number of benzene rings is 2. The fraction of sp³-hybridized carbons (Fsp3) is 0.333. The molecule has 0 heterocycles. The fourth-order valence-corrected chi connectivity index (χ4v) is 2.60. The first-order valence-electron chi connectivity index (χ1n) is 7.19. The van der Waals surface area contributed by atoms with Gasteiger partial charge in [-0.05, 0) is 59.7 Å². The standard InChI is InChI=1S/C18H22FN/c1-4-13-6-7-14(5-2)17(10-13)18(20)15-8-12(3)9-16(19)11-15/h6-11,18H,4-5,20H2,1-3H3. The van der Waals surface area contributed by atoms with Gasteiger partial charge >= 0.3 is 0 Å². The maximum atomic E-state index is 13.6. The molecular formula is C18H22FN. The first-order valence-corrected chi connectivity index (χ1v) is 7.19. The van der Waals surface area contributed by atoms with E-state index in [1.807, 2.05) is 13.0 Å². The first kappa shape index (κ1) is 14.7. The van der Waals surface area contributed by atoms with E-state index in [2.05, 4.69) is 32.0 Å². The molecule has 20 heavy (non-hydrogen) atoms. The largest absolute Gasteiger partial charge is 0.320 e. The minimum absolute atomic E-state index is 0.222. The molecule has 2 N–H and O–H groups in total. The van der Waals surface area contributed by atoms with Crippen LogP contribution in [0.1, 0.15) is 47.7 Å². The monoisotopic (exact) mass is 271 g/mol. The van der Waals surface area contributed by atoms with Crippen LogP contribution in [0.2, 0.25) is 0 Å². The molecule has 0 aliphatic heterocycles. The van der Waals surface area contributed by atoms with Gasteiger partial charge < -0.3 is 5.73 Å². The lowest BCUT2D eigenvalue weighted by atomic mass is 9.91. The molecule has 2 heteroatoms. The van der Waals surface area contributed by atoms with Crippen molar-refractivity contribution in [1.29, 1.82) is 0 Å². The summed E-state index contributed by atoms with van der Waals surface area (Å²) in [6.45, 7) is 6.14. The van der Waals surface area contributed by atoms with Crippen LogP contribution < -0.4 is 5.73 Å². The highest BCUT2D eigenvalue weighted by Crippen LogP contribution is 2.26. The van der Waals surface area contributed by atoms with Crippen LogP contribution in [0, 0.1) is 12.7 Å². The van der Waals surface area contributed by atoms with Gasteiger partial charge in [-0.2, -0.15) is 0 Å². The summed E-state index contributed by atoms with van der Waals surface area (Å²) in [5.41, 5.74) is 11.7. The third-order valence-corrected chi connectivity index (χ3v) is 3.76. The lowest BCUT2D eigenvalue weighted by molar-refractivity contribution is 0.622. The zero-order valence-electron chi connectivity index (χ0n) is 12.4. The molecule has 106 valence electrons. The lowest BCUT2D eigenvalue weighted by Crippen LogP contribution is -2.15. The van der Waals surface area contributed by atoms with Crippen molar-refractivity contribution in [2.45, 2.75) is 39.7 Å². The van der Waals surface area contributed by atoms with E-state index in [1.54, 1.807) is 0 Å². The minimum Gasteiger partial charge on any atom is -0.320 e. The van der Waals surface area contributed by atoms with Crippen molar-refractivity contribution < 1.29 is 4.39 Å². The van der Waals surface area contributed by atoms with Gasteiger partial charge in [0.15, 0.2) is 0 Å². The average Bonchev–Trinajstić information content (AvgIpc) is 2.44. The highest BCUT2D eigenvalue weighted by atomic mass is 19.1. The summed E-state index contributed by atoms with van der Waals surface area (Å²) in [5.74, 6) is -0.222. The van der Waals surface area contributed by atoms with Crippen LogP contribution in [0.5, 0.6) is 0 Å². The van der Waals surface area contributed by atoms with Crippen LogP contribution in [0.25, 0.3) is 0 Å². The summed E-state index contributed by atoms with van der Waals surface area (Å²) < 4.78 is 13.6. The number of hydrogen-bond acceptors (Lipinski definition) is 1. The number of aryl methyl sites for hydroxylation is 3. The van der Waals surface area contributed by atoms with E-state index in [9.17, 15) is 4.39 Å². The predicted octanol–water partition coefficient (Wildman–Crippen LogP) is 4.31. The third kappa shape index (κ3) is 3.07. The topological polar surface area (TPSA) is 26.0 Å². The van der Waals surface area contributed by atoms with Crippen molar-refractivity contribution in [1.82, 2.24) is 0 Å². The summed E-state index contributed by atoms with van der Waals surface area (Å²) >= 11 is 0. The number of halogens is 1. The third-order valence-electron chi connectivity index (χ3n) is 3.76. The van der Waals surface area contributed by atoms with E-state index < -0.39 is 0 Å². The predicted molar refractivity (Wildman–Crippen MR) is 82.4 cm³/mol. The maximum absolute atomic E-state index is 13.6.